The average molecular weight is 415 g/mol. The zero-order valence-corrected chi connectivity index (χ0v) is 18.0. The van der Waals surface area contributed by atoms with Gasteiger partial charge in [-0.15, -0.1) is 0 Å². The molecule has 0 bridgehead atoms. The summed E-state index contributed by atoms with van der Waals surface area (Å²) in [6.07, 6.45) is 7.95. The van der Waals surface area contributed by atoms with Gasteiger partial charge in [0.1, 0.15) is 5.69 Å². The maximum atomic E-state index is 12.9. The molecule has 7 nitrogen and oxygen atoms in total. The van der Waals surface area contributed by atoms with Crippen molar-refractivity contribution < 1.29 is 9.72 Å². The molecule has 1 amide bonds. The Balaban J connectivity index is 1.28. The molecule has 1 aliphatic carbocycles. The zero-order valence-electron chi connectivity index (χ0n) is 18.0. The van der Waals surface area contributed by atoms with E-state index in [1.165, 1.54) is 38.6 Å². The van der Waals surface area contributed by atoms with Gasteiger partial charge in [0.25, 0.3) is 5.69 Å². The molecule has 1 aromatic carbocycles. The zero-order chi connectivity index (χ0) is 21.1. The van der Waals surface area contributed by atoms with Crippen LogP contribution in [0.1, 0.15) is 51.9 Å². The van der Waals surface area contributed by atoms with Crippen molar-refractivity contribution >= 4 is 17.3 Å². The Morgan fingerprint density at radius 2 is 1.83 bits per heavy atom. The Kier molecular flexibility index (Phi) is 6.56. The standard InChI is InChI=1S/C23H34N4O3/c1-17(19-6-5-13-26(16-19)20-7-4-8-20)24-23(28)18-11-14-25(15-12-18)21-9-2-3-10-22(21)27(29)30/h2-3,9-10,17-20H,4-8,11-16H2,1H3,(H,24,28). The van der Waals surface area contributed by atoms with Crippen LogP contribution in [0.3, 0.4) is 0 Å². The van der Waals surface area contributed by atoms with Gasteiger partial charge in [-0.25, -0.2) is 0 Å². The molecule has 164 valence electrons. The molecular formula is C23H34N4O3. The number of nitro benzene ring substituents is 1. The Morgan fingerprint density at radius 3 is 2.50 bits per heavy atom. The third-order valence-corrected chi connectivity index (χ3v) is 7.44. The molecule has 4 rings (SSSR count). The fourth-order valence-corrected chi connectivity index (χ4v) is 5.26. The molecule has 0 aromatic heterocycles. The molecule has 0 radical (unpaired) electrons. The van der Waals surface area contributed by atoms with Crippen LogP contribution < -0.4 is 10.2 Å². The lowest BCUT2D eigenvalue weighted by Gasteiger charge is -2.44. The van der Waals surface area contributed by atoms with Crippen molar-refractivity contribution in [1.82, 2.24) is 10.2 Å². The van der Waals surface area contributed by atoms with Crippen molar-refractivity contribution in [2.45, 2.75) is 64.0 Å². The minimum absolute atomic E-state index is 0.00204. The van der Waals surface area contributed by atoms with E-state index in [4.69, 9.17) is 0 Å². The fourth-order valence-electron chi connectivity index (χ4n) is 5.26. The van der Waals surface area contributed by atoms with Crippen LogP contribution >= 0.6 is 0 Å². The van der Waals surface area contributed by atoms with Crippen LogP contribution in [0.15, 0.2) is 24.3 Å². The predicted octanol–water partition coefficient (Wildman–Crippen LogP) is 3.58. The van der Waals surface area contributed by atoms with E-state index in [1.807, 2.05) is 11.0 Å². The lowest BCUT2D eigenvalue weighted by atomic mass is 9.85. The minimum Gasteiger partial charge on any atom is -0.366 e. The van der Waals surface area contributed by atoms with Crippen LogP contribution in [0.4, 0.5) is 11.4 Å². The average Bonchev–Trinajstić information content (AvgIpc) is 2.73. The number of likely N-dealkylation sites (tertiary alicyclic amines) is 1. The number of carbonyl (C=O) groups excluding carboxylic acids is 1. The monoisotopic (exact) mass is 414 g/mol. The second-order valence-corrected chi connectivity index (χ2v) is 9.29. The van der Waals surface area contributed by atoms with Crippen molar-refractivity contribution in [1.29, 1.82) is 0 Å². The van der Waals surface area contributed by atoms with Crippen LogP contribution in [0.2, 0.25) is 0 Å². The molecule has 1 aromatic rings. The number of nitrogens with one attached hydrogen (secondary N) is 1. The summed E-state index contributed by atoms with van der Waals surface area (Å²) in [5.74, 6) is 0.693. The number of anilines is 1. The van der Waals surface area contributed by atoms with Gasteiger partial charge >= 0.3 is 0 Å². The SMILES string of the molecule is CC(NC(=O)C1CCN(c2ccccc2[N+](=O)[O-])CC1)C1CCCN(C2CCC2)C1. The minimum atomic E-state index is -0.327. The third-order valence-electron chi connectivity index (χ3n) is 7.44. The molecule has 1 saturated carbocycles. The van der Waals surface area contributed by atoms with Gasteiger partial charge in [-0.3, -0.25) is 14.9 Å². The number of benzene rings is 1. The summed E-state index contributed by atoms with van der Waals surface area (Å²) < 4.78 is 0. The molecule has 2 atom stereocenters. The number of rotatable bonds is 6. The molecule has 3 fully saturated rings. The van der Waals surface area contributed by atoms with Crippen molar-refractivity contribution in [3.63, 3.8) is 0 Å². The quantitative estimate of drug-likeness (QED) is 0.569. The second kappa shape index (κ2) is 9.33. The van der Waals surface area contributed by atoms with Gasteiger partial charge in [-0.05, 0) is 64.0 Å². The van der Waals surface area contributed by atoms with E-state index in [0.29, 0.717) is 24.7 Å². The van der Waals surface area contributed by atoms with E-state index in [2.05, 4.69) is 17.1 Å². The molecule has 3 aliphatic rings. The highest BCUT2D eigenvalue weighted by Gasteiger charge is 2.33. The summed E-state index contributed by atoms with van der Waals surface area (Å²) in [6, 6.07) is 7.86. The summed E-state index contributed by atoms with van der Waals surface area (Å²) in [7, 11) is 0. The van der Waals surface area contributed by atoms with Crippen LogP contribution in [-0.2, 0) is 4.79 Å². The topological polar surface area (TPSA) is 78.7 Å². The first kappa shape index (κ1) is 21.1. The van der Waals surface area contributed by atoms with Crippen LogP contribution in [0, 0.1) is 22.0 Å². The molecule has 2 saturated heterocycles. The summed E-state index contributed by atoms with van der Waals surface area (Å²) in [5, 5.41) is 14.6. The number of piperidine rings is 2. The van der Waals surface area contributed by atoms with E-state index < -0.39 is 0 Å². The Bertz CT molecular complexity index is 759. The van der Waals surface area contributed by atoms with Gasteiger partial charge in [-0.1, -0.05) is 18.6 Å². The summed E-state index contributed by atoms with van der Waals surface area (Å²) >= 11 is 0. The third kappa shape index (κ3) is 4.61. The maximum absolute atomic E-state index is 12.9. The van der Waals surface area contributed by atoms with Gasteiger partial charge in [-0.2, -0.15) is 0 Å². The Morgan fingerprint density at radius 1 is 1.10 bits per heavy atom. The van der Waals surface area contributed by atoms with E-state index in [1.54, 1.807) is 18.2 Å². The van der Waals surface area contributed by atoms with E-state index in [0.717, 1.165) is 25.4 Å². The first-order valence-electron chi connectivity index (χ1n) is 11.6. The molecular weight excluding hydrogens is 380 g/mol. The van der Waals surface area contributed by atoms with Crippen molar-refractivity contribution in [2.24, 2.45) is 11.8 Å². The number of para-hydroxylation sites is 2. The molecule has 1 N–H and O–H groups in total. The second-order valence-electron chi connectivity index (χ2n) is 9.29. The molecule has 2 aliphatic heterocycles. The largest absolute Gasteiger partial charge is 0.366 e. The smallest absolute Gasteiger partial charge is 0.292 e. The summed E-state index contributed by atoms with van der Waals surface area (Å²) in [6.45, 7) is 5.84. The van der Waals surface area contributed by atoms with Gasteiger partial charge in [0.05, 0.1) is 4.92 Å². The Labute approximate surface area is 179 Å². The molecule has 30 heavy (non-hydrogen) atoms. The Hall–Kier alpha value is -2.15. The fraction of sp³-hybridized carbons (Fsp3) is 0.696. The van der Waals surface area contributed by atoms with Crippen molar-refractivity contribution in [3.05, 3.63) is 34.4 Å². The lowest BCUT2D eigenvalue weighted by Crippen LogP contribution is -2.52. The number of carbonyl (C=O) groups is 1. The number of hydrogen-bond acceptors (Lipinski definition) is 5. The number of nitrogens with zero attached hydrogens (tertiary/aromatic N) is 3. The molecule has 7 heteroatoms. The van der Waals surface area contributed by atoms with E-state index in [9.17, 15) is 14.9 Å². The van der Waals surface area contributed by atoms with Crippen molar-refractivity contribution in [2.75, 3.05) is 31.1 Å². The van der Waals surface area contributed by atoms with Gasteiger partial charge < -0.3 is 15.1 Å². The lowest BCUT2D eigenvalue weighted by molar-refractivity contribution is -0.384. The summed E-state index contributed by atoms with van der Waals surface area (Å²) in [4.78, 5) is 28.6. The highest BCUT2D eigenvalue weighted by Crippen LogP contribution is 2.32. The molecule has 0 spiro atoms. The number of nitro groups is 1. The van der Waals surface area contributed by atoms with E-state index >= 15 is 0 Å². The highest BCUT2D eigenvalue weighted by atomic mass is 16.6. The first-order chi connectivity index (χ1) is 14.5. The molecule has 2 unspecified atom stereocenters. The summed E-state index contributed by atoms with van der Waals surface area (Å²) in [5.41, 5.74) is 0.801. The van der Waals surface area contributed by atoms with Gasteiger partial charge in [0.15, 0.2) is 0 Å². The normalized spacial score (nSPS) is 24.8. The highest BCUT2D eigenvalue weighted by molar-refractivity contribution is 5.79. The van der Waals surface area contributed by atoms with Gasteiger partial charge in [0, 0.05) is 43.7 Å². The van der Waals surface area contributed by atoms with Gasteiger partial charge in [0.2, 0.25) is 5.91 Å². The van der Waals surface area contributed by atoms with Crippen LogP contribution in [0.5, 0.6) is 0 Å². The van der Waals surface area contributed by atoms with E-state index in [-0.39, 0.29) is 28.5 Å². The number of amides is 1. The predicted molar refractivity (Wildman–Crippen MR) is 118 cm³/mol. The van der Waals surface area contributed by atoms with Crippen LogP contribution in [0.25, 0.3) is 0 Å². The first-order valence-corrected chi connectivity index (χ1v) is 11.6. The number of hydrogen-bond donors (Lipinski definition) is 1. The maximum Gasteiger partial charge on any atom is 0.292 e. The van der Waals surface area contributed by atoms with Crippen LogP contribution in [-0.4, -0.2) is 54.0 Å². The molecule has 2 heterocycles. The van der Waals surface area contributed by atoms with Crippen molar-refractivity contribution in [3.8, 4) is 0 Å².